The fraction of sp³-hybridized carbons (Fsp3) is 0.182. The Morgan fingerprint density at radius 2 is 1.90 bits per heavy atom. The van der Waals surface area contributed by atoms with Gasteiger partial charge in [-0.25, -0.2) is 9.97 Å². The van der Waals surface area contributed by atoms with Crippen molar-refractivity contribution >= 4 is 49.6 Å². The summed E-state index contributed by atoms with van der Waals surface area (Å²) in [5.41, 5.74) is 4.88. The normalized spacial score (nSPS) is 11.6. The lowest BCUT2D eigenvalue weighted by molar-refractivity contribution is 0.728. The van der Waals surface area contributed by atoms with Gasteiger partial charge in [-0.2, -0.15) is 0 Å². The molecule has 1 aromatic carbocycles. The standard InChI is InChI=1S/C22H18N4O2S3/c1-12-4-5-14(8-13(12)2)16-11-30-19-18(16)20(28)25(3)21(24-19)31-10-15-9-17(27)26-6-7-29-22(26)23-15/h4-9,11H,10H2,1-3H3. The van der Waals surface area contributed by atoms with E-state index in [1.54, 1.807) is 17.8 Å². The Morgan fingerprint density at radius 1 is 1.06 bits per heavy atom. The highest BCUT2D eigenvalue weighted by Gasteiger charge is 2.16. The van der Waals surface area contributed by atoms with E-state index in [-0.39, 0.29) is 11.1 Å². The molecule has 0 amide bonds. The largest absolute Gasteiger partial charge is 0.290 e. The molecule has 4 heterocycles. The summed E-state index contributed by atoms with van der Waals surface area (Å²) in [4.78, 5) is 36.1. The van der Waals surface area contributed by atoms with Crippen LogP contribution in [0.25, 0.3) is 26.3 Å². The summed E-state index contributed by atoms with van der Waals surface area (Å²) < 4.78 is 3.11. The number of hydrogen-bond acceptors (Lipinski definition) is 7. The lowest BCUT2D eigenvalue weighted by atomic mass is 10.0. The van der Waals surface area contributed by atoms with Gasteiger partial charge in [-0.05, 0) is 30.5 Å². The summed E-state index contributed by atoms with van der Waals surface area (Å²) in [6.45, 7) is 4.15. The molecule has 0 aliphatic carbocycles. The van der Waals surface area contributed by atoms with Crippen molar-refractivity contribution in [3.63, 3.8) is 0 Å². The van der Waals surface area contributed by atoms with Crippen LogP contribution in [0.2, 0.25) is 0 Å². The van der Waals surface area contributed by atoms with E-state index in [1.165, 1.54) is 56.0 Å². The predicted octanol–water partition coefficient (Wildman–Crippen LogP) is 4.64. The third-order valence-electron chi connectivity index (χ3n) is 5.30. The smallest absolute Gasteiger partial charge is 0.263 e. The van der Waals surface area contributed by atoms with E-state index in [4.69, 9.17) is 4.98 Å². The highest BCUT2D eigenvalue weighted by Crippen LogP contribution is 2.33. The van der Waals surface area contributed by atoms with Crippen LogP contribution in [0.4, 0.5) is 0 Å². The van der Waals surface area contributed by atoms with Crippen LogP contribution in [0.5, 0.6) is 0 Å². The van der Waals surface area contributed by atoms with Crippen LogP contribution in [-0.2, 0) is 12.8 Å². The number of aryl methyl sites for hydroxylation is 2. The van der Waals surface area contributed by atoms with E-state index >= 15 is 0 Å². The van der Waals surface area contributed by atoms with Gasteiger partial charge in [0.15, 0.2) is 10.1 Å². The minimum absolute atomic E-state index is 0.0660. The summed E-state index contributed by atoms with van der Waals surface area (Å²) in [6.07, 6.45) is 1.72. The third kappa shape index (κ3) is 3.52. The Bertz CT molecular complexity index is 1580. The van der Waals surface area contributed by atoms with Crippen LogP contribution in [0, 0.1) is 13.8 Å². The SMILES string of the molecule is Cc1ccc(-c2csc3nc(SCc4cc(=O)n5ccsc5n4)n(C)c(=O)c23)cc1C. The van der Waals surface area contributed by atoms with Gasteiger partial charge in [0.1, 0.15) is 4.83 Å². The van der Waals surface area contributed by atoms with Crippen molar-refractivity contribution in [2.45, 2.75) is 24.8 Å². The molecule has 156 valence electrons. The van der Waals surface area contributed by atoms with Crippen molar-refractivity contribution in [2.24, 2.45) is 7.05 Å². The number of thiophene rings is 1. The number of rotatable bonds is 4. The average molecular weight is 467 g/mol. The van der Waals surface area contributed by atoms with E-state index in [1.807, 2.05) is 10.8 Å². The summed E-state index contributed by atoms with van der Waals surface area (Å²) >= 11 is 4.31. The van der Waals surface area contributed by atoms with Crippen molar-refractivity contribution in [3.05, 3.63) is 78.8 Å². The van der Waals surface area contributed by atoms with Crippen LogP contribution in [0.1, 0.15) is 16.8 Å². The number of thioether (sulfide) groups is 1. The Hall–Kier alpha value is -2.75. The molecular weight excluding hydrogens is 448 g/mol. The molecule has 31 heavy (non-hydrogen) atoms. The topological polar surface area (TPSA) is 69.3 Å². The van der Waals surface area contributed by atoms with Gasteiger partial charge in [-0.3, -0.25) is 18.6 Å². The maximum atomic E-state index is 13.2. The minimum Gasteiger partial charge on any atom is -0.290 e. The van der Waals surface area contributed by atoms with Gasteiger partial charge >= 0.3 is 0 Å². The average Bonchev–Trinajstić information content (AvgIpc) is 3.39. The number of fused-ring (bicyclic) bond motifs is 2. The van der Waals surface area contributed by atoms with Crippen LogP contribution in [0.3, 0.4) is 0 Å². The van der Waals surface area contributed by atoms with Gasteiger partial charge in [-0.1, -0.05) is 30.0 Å². The molecule has 0 fully saturated rings. The molecule has 5 aromatic rings. The zero-order chi connectivity index (χ0) is 21.7. The van der Waals surface area contributed by atoms with Crippen molar-refractivity contribution < 1.29 is 0 Å². The Labute approximate surface area is 189 Å². The molecule has 0 radical (unpaired) electrons. The number of aromatic nitrogens is 4. The number of benzene rings is 1. The first-order valence-corrected chi connectivity index (χ1v) is 12.3. The summed E-state index contributed by atoms with van der Waals surface area (Å²) in [5.74, 6) is 0.463. The maximum Gasteiger partial charge on any atom is 0.263 e. The Kier molecular flexibility index (Phi) is 5.04. The molecule has 0 unspecified atom stereocenters. The van der Waals surface area contributed by atoms with Gasteiger partial charge in [0.05, 0.1) is 11.1 Å². The molecule has 0 bridgehead atoms. The van der Waals surface area contributed by atoms with Crippen molar-refractivity contribution in [1.82, 2.24) is 18.9 Å². The predicted molar refractivity (Wildman–Crippen MR) is 129 cm³/mol. The highest BCUT2D eigenvalue weighted by atomic mass is 32.2. The van der Waals surface area contributed by atoms with Crippen LogP contribution in [0.15, 0.2) is 56.0 Å². The lowest BCUT2D eigenvalue weighted by Gasteiger charge is -2.08. The zero-order valence-corrected chi connectivity index (χ0v) is 19.5. The first-order chi connectivity index (χ1) is 14.9. The Balaban J connectivity index is 1.51. The van der Waals surface area contributed by atoms with E-state index in [9.17, 15) is 9.59 Å². The summed E-state index contributed by atoms with van der Waals surface area (Å²) in [7, 11) is 1.74. The van der Waals surface area contributed by atoms with Crippen LogP contribution < -0.4 is 11.1 Å². The van der Waals surface area contributed by atoms with Crippen molar-refractivity contribution in [2.75, 3.05) is 0 Å². The minimum atomic E-state index is -0.101. The summed E-state index contributed by atoms with van der Waals surface area (Å²) in [5, 5.41) is 5.10. The first kappa shape index (κ1) is 20.2. The van der Waals surface area contributed by atoms with Crippen molar-refractivity contribution in [1.29, 1.82) is 0 Å². The second-order valence-electron chi connectivity index (χ2n) is 7.32. The second-order valence-corrected chi connectivity index (χ2v) is 9.99. The van der Waals surface area contributed by atoms with E-state index in [0.717, 1.165) is 16.0 Å². The van der Waals surface area contributed by atoms with Crippen LogP contribution in [-0.4, -0.2) is 18.9 Å². The highest BCUT2D eigenvalue weighted by molar-refractivity contribution is 7.98. The van der Waals surface area contributed by atoms with Crippen LogP contribution >= 0.6 is 34.4 Å². The molecule has 5 rings (SSSR count). The van der Waals surface area contributed by atoms with Gasteiger partial charge < -0.3 is 0 Å². The maximum absolute atomic E-state index is 13.2. The van der Waals surface area contributed by atoms with Gasteiger partial charge in [0.25, 0.3) is 11.1 Å². The molecule has 0 aliphatic rings. The molecule has 0 saturated heterocycles. The number of nitrogens with zero attached hydrogens (tertiary/aromatic N) is 4. The quantitative estimate of drug-likeness (QED) is 0.285. The van der Waals surface area contributed by atoms with Crippen molar-refractivity contribution in [3.8, 4) is 11.1 Å². The van der Waals surface area contributed by atoms with E-state index in [0.29, 0.717) is 27.0 Å². The second kappa shape index (κ2) is 7.74. The molecule has 0 aliphatic heterocycles. The lowest BCUT2D eigenvalue weighted by Crippen LogP contribution is -2.20. The van der Waals surface area contributed by atoms with E-state index < -0.39 is 0 Å². The fourth-order valence-electron chi connectivity index (χ4n) is 3.40. The molecular formula is C22H18N4O2S3. The number of thiazole rings is 1. The molecule has 0 spiro atoms. The number of hydrogen-bond donors (Lipinski definition) is 0. The molecule has 0 N–H and O–H groups in total. The first-order valence-electron chi connectivity index (χ1n) is 9.57. The monoisotopic (exact) mass is 466 g/mol. The summed E-state index contributed by atoms with van der Waals surface area (Å²) in [6, 6.07) is 7.78. The van der Waals surface area contributed by atoms with Gasteiger partial charge in [0, 0.05) is 41.4 Å². The fourth-order valence-corrected chi connectivity index (χ4v) is 6.00. The van der Waals surface area contributed by atoms with Gasteiger partial charge in [0.2, 0.25) is 0 Å². The van der Waals surface area contributed by atoms with Gasteiger partial charge in [-0.15, -0.1) is 22.7 Å². The molecule has 0 saturated carbocycles. The molecule has 9 heteroatoms. The zero-order valence-electron chi connectivity index (χ0n) is 17.1. The molecule has 0 atom stereocenters. The Morgan fingerprint density at radius 3 is 2.71 bits per heavy atom. The molecule has 6 nitrogen and oxygen atoms in total. The molecule has 4 aromatic heterocycles. The third-order valence-corrected chi connectivity index (χ3v) is 7.99. The van der Waals surface area contributed by atoms with E-state index in [2.05, 4.69) is 37.0 Å².